The lowest BCUT2D eigenvalue weighted by atomic mass is 9.73. The van der Waals surface area contributed by atoms with Crippen LogP contribution in [0.25, 0.3) is 0 Å². The number of hydrogen-bond donors (Lipinski definition) is 1. The van der Waals surface area contributed by atoms with E-state index in [-0.39, 0.29) is 42.2 Å². The number of rotatable bonds is 4. The van der Waals surface area contributed by atoms with E-state index >= 15 is 0 Å². The Morgan fingerprint density at radius 2 is 2.08 bits per heavy atom. The zero-order chi connectivity index (χ0) is 17.4. The van der Waals surface area contributed by atoms with Crippen LogP contribution in [0.3, 0.4) is 0 Å². The van der Waals surface area contributed by atoms with Gasteiger partial charge < -0.3 is 18.9 Å². The molecule has 0 amide bonds. The highest BCUT2D eigenvalue weighted by molar-refractivity contribution is 5.87. The maximum Gasteiger partial charge on any atom is 0.323 e. The number of esters is 1. The van der Waals surface area contributed by atoms with Gasteiger partial charge in [-0.25, -0.2) is 0 Å². The SMILES string of the molecule is CC1C(C(=O)OCc2ccco2)NC2CC(c3ccco3)CC(=O)C21. The van der Waals surface area contributed by atoms with E-state index in [1.165, 1.54) is 0 Å². The summed E-state index contributed by atoms with van der Waals surface area (Å²) in [5, 5.41) is 3.33. The van der Waals surface area contributed by atoms with Crippen molar-refractivity contribution in [2.45, 2.75) is 44.4 Å². The zero-order valence-electron chi connectivity index (χ0n) is 14.0. The van der Waals surface area contributed by atoms with Crippen LogP contribution < -0.4 is 5.32 Å². The Morgan fingerprint density at radius 1 is 1.28 bits per heavy atom. The van der Waals surface area contributed by atoms with Crippen LogP contribution in [-0.2, 0) is 20.9 Å². The first-order valence-corrected chi connectivity index (χ1v) is 8.64. The lowest BCUT2D eigenvalue weighted by Crippen LogP contribution is -2.41. The fraction of sp³-hybridized carbons (Fsp3) is 0.474. The maximum absolute atomic E-state index is 12.7. The molecule has 2 aromatic rings. The first-order chi connectivity index (χ1) is 12.1. The van der Waals surface area contributed by atoms with Gasteiger partial charge in [-0.2, -0.15) is 0 Å². The molecule has 2 aromatic heterocycles. The Balaban J connectivity index is 1.43. The number of carbonyl (C=O) groups excluding carboxylic acids is 2. The molecular weight excluding hydrogens is 322 g/mol. The van der Waals surface area contributed by atoms with E-state index in [1.807, 2.05) is 19.1 Å². The summed E-state index contributed by atoms with van der Waals surface area (Å²) in [5.74, 6) is 1.14. The number of hydrogen-bond acceptors (Lipinski definition) is 6. The van der Waals surface area contributed by atoms with E-state index in [2.05, 4.69) is 5.32 Å². The monoisotopic (exact) mass is 343 g/mol. The van der Waals surface area contributed by atoms with E-state index in [4.69, 9.17) is 13.6 Å². The second-order valence-corrected chi connectivity index (χ2v) is 6.94. The highest BCUT2D eigenvalue weighted by atomic mass is 16.5. The summed E-state index contributed by atoms with van der Waals surface area (Å²) in [6.45, 7) is 2.05. The number of furan rings is 2. The van der Waals surface area contributed by atoms with Gasteiger partial charge in [0.15, 0.2) is 0 Å². The Morgan fingerprint density at radius 3 is 2.80 bits per heavy atom. The third-order valence-corrected chi connectivity index (χ3v) is 5.41. The average molecular weight is 343 g/mol. The molecule has 1 saturated heterocycles. The van der Waals surface area contributed by atoms with Gasteiger partial charge in [0, 0.05) is 24.3 Å². The van der Waals surface area contributed by atoms with Gasteiger partial charge in [0.05, 0.1) is 12.5 Å². The average Bonchev–Trinajstić information content (AvgIpc) is 3.34. The van der Waals surface area contributed by atoms with Crippen LogP contribution in [0.2, 0.25) is 0 Å². The summed E-state index contributed by atoms with van der Waals surface area (Å²) in [4.78, 5) is 25.1. The number of fused-ring (bicyclic) bond motifs is 1. The quantitative estimate of drug-likeness (QED) is 0.860. The van der Waals surface area contributed by atoms with Crippen LogP contribution in [0.5, 0.6) is 0 Å². The van der Waals surface area contributed by atoms with Crippen molar-refractivity contribution >= 4 is 11.8 Å². The van der Waals surface area contributed by atoms with Gasteiger partial charge in [0.2, 0.25) is 0 Å². The fourth-order valence-electron chi connectivity index (χ4n) is 4.21. The summed E-state index contributed by atoms with van der Waals surface area (Å²) in [7, 11) is 0. The molecule has 6 nitrogen and oxygen atoms in total. The van der Waals surface area contributed by atoms with Crippen LogP contribution in [-0.4, -0.2) is 23.8 Å². The van der Waals surface area contributed by atoms with Gasteiger partial charge in [0.25, 0.3) is 0 Å². The molecule has 0 radical (unpaired) electrons. The first kappa shape index (κ1) is 16.1. The van der Waals surface area contributed by atoms with Crippen molar-refractivity contribution in [2.75, 3.05) is 0 Å². The minimum absolute atomic E-state index is 0.0208. The second-order valence-electron chi connectivity index (χ2n) is 6.94. The number of ketones is 1. The third-order valence-electron chi connectivity index (χ3n) is 5.41. The van der Waals surface area contributed by atoms with Crippen LogP contribution in [0.1, 0.15) is 37.2 Å². The summed E-state index contributed by atoms with van der Waals surface area (Å²) in [6.07, 6.45) is 4.43. The molecule has 2 fully saturated rings. The van der Waals surface area contributed by atoms with Gasteiger partial charge >= 0.3 is 5.97 Å². The van der Waals surface area contributed by atoms with Gasteiger partial charge in [0.1, 0.15) is 30.0 Å². The van der Waals surface area contributed by atoms with Crippen molar-refractivity contribution in [3.63, 3.8) is 0 Å². The molecule has 5 atom stereocenters. The molecular formula is C19H21NO5. The van der Waals surface area contributed by atoms with E-state index in [9.17, 15) is 9.59 Å². The molecule has 5 unspecified atom stereocenters. The fourth-order valence-corrected chi connectivity index (χ4v) is 4.21. The van der Waals surface area contributed by atoms with E-state index < -0.39 is 6.04 Å². The minimum atomic E-state index is -0.468. The summed E-state index contributed by atoms with van der Waals surface area (Å²) in [5.41, 5.74) is 0. The number of ether oxygens (including phenoxy) is 1. The largest absolute Gasteiger partial charge is 0.469 e. The predicted molar refractivity (Wildman–Crippen MR) is 87.6 cm³/mol. The molecule has 0 bridgehead atoms. The summed E-state index contributed by atoms with van der Waals surface area (Å²) in [6, 6.07) is 6.77. The normalized spacial score (nSPS) is 31.7. The highest BCUT2D eigenvalue weighted by Crippen LogP contribution is 2.41. The van der Waals surface area contributed by atoms with Gasteiger partial charge in [-0.3, -0.25) is 9.59 Å². The molecule has 1 N–H and O–H groups in total. The van der Waals surface area contributed by atoms with Crippen molar-refractivity contribution < 1.29 is 23.2 Å². The predicted octanol–water partition coefficient (Wildman–Crippen LogP) is 2.66. The van der Waals surface area contributed by atoms with E-state index in [0.29, 0.717) is 12.2 Å². The summed E-state index contributed by atoms with van der Waals surface area (Å²) >= 11 is 0. The molecule has 132 valence electrons. The lowest BCUT2D eigenvalue weighted by molar-refractivity contribution is -0.148. The van der Waals surface area contributed by atoms with Gasteiger partial charge in [-0.15, -0.1) is 0 Å². The molecule has 25 heavy (non-hydrogen) atoms. The number of carbonyl (C=O) groups is 2. The Hall–Kier alpha value is -2.34. The van der Waals surface area contributed by atoms with Crippen molar-refractivity contribution in [3.05, 3.63) is 48.3 Å². The van der Waals surface area contributed by atoms with Crippen LogP contribution in [0.15, 0.2) is 45.6 Å². The third kappa shape index (κ3) is 3.02. The van der Waals surface area contributed by atoms with Crippen LogP contribution >= 0.6 is 0 Å². The molecule has 1 aliphatic carbocycles. The second kappa shape index (κ2) is 6.52. The molecule has 4 rings (SSSR count). The topological polar surface area (TPSA) is 81.7 Å². The number of nitrogens with one attached hydrogen (secondary N) is 1. The van der Waals surface area contributed by atoms with Gasteiger partial charge in [-0.1, -0.05) is 6.92 Å². The van der Waals surface area contributed by atoms with Crippen molar-refractivity contribution in [3.8, 4) is 0 Å². The zero-order valence-corrected chi connectivity index (χ0v) is 14.0. The van der Waals surface area contributed by atoms with Gasteiger partial charge in [-0.05, 0) is 36.6 Å². The Kier molecular flexibility index (Phi) is 4.21. The standard InChI is InChI=1S/C19H21NO5/c1-11-17-14(8-12(9-15(17)21)16-5-3-7-24-16)20-18(11)19(22)25-10-13-4-2-6-23-13/h2-7,11-12,14,17-18,20H,8-10H2,1H3. The Labute approximate surface area is 145 Å². The lowest BCUT2D eigenvalue weighted by Gasteiger charge is -2.30. The number of Topliss-reactive ketones (excluding diaryl/α,β-unsaturated/α-hetero) is 1. The highest BCUT2D eigenvalue weighted by Gasteiger charge is 2.51. The maximum atomic E-state index is 12.7. The molecule has 1 aliphatic heterocycles. The molecule has 1 saturated carbocycles. The molecule has 6 heteroatoms. The smallest absolute Gasteiger partial charge is 0.323 e. The van der Waals surface area contributed by atoms with E-state index in [0.717, 1.165) is 12.2 Å². The molecule has 2 aliphatic rings. The molecule has 0 spiro atoms. The van der Waals surface area contributed by atoms with Crippen LogP contribution in [0, 0.1) is 11.8 Å². The first-order valence-electron chi connectivity index (χ1n) is 8.64. The molecule has 3 heterocycles. The Bertz CT molecular complexity index is 736. The van der Waals surface area contributed by atoms with Crippen molar-refractivity contribution in [1.82, 2.24) is 5.32 Å². The van der Waals surface area contributed by atoms with Crippen LogP contribution in [0.4, 0.5) is 0 Å². The summed E-state index contributed by atoms with van der Waals surface area (Å²) < 4.78 is 16.0. The van der Waals surface area contributed by atoms with Crippen molar-refractivity contribution in [1.29, 1.82) is 0 Å². The molecule has 0 aromatic carbocycles. The van der Waals surface area contributed by atoms with Crippen molar-refractivity contribution in [2.24, 2.45) is 11.8 Å². The minimum Gasteiger partial charge on any atom is -0.469 e. The van der Waals surface area contributed by atoms with E-state index in [1.54, 1.807) is 24.7 Å².